The van der Waals surface area contributed by atoms with Crippen molar-refractivity contribution < 1.29 is 19.4 Å². The van der Waals surface area contributed by atoms with E-state index >= 15 is 0 Å². The third kappa shape index (κ3) is 4.81. The van der Waals surface area contributed by atoms with E-state index in [1.165, 1.54) is 0 Å². The van der Waals surface area contributed by atoms with Gasteiger partial charge in [0.15, 0.2) is 11.5 Å². The molecule has 0 unspecified atom stereocenters. The minimum atomic E-state index is -1.05. The first kappa shape index (κ1) is 17.5. The molecule has 0 bridgehead atoms. The van der Waals surface area contributed by atoms with Crippen molar-refractivity contribution in [3.63, 3.8) is 0 Å². The molecule has 0 saturated heterocycles. The lowest BCUT2D eigenvalue weighted by atomic mass is 9.95. The number of methoxy groups -OCH3 is 1. The zero-order chi connectivity index (χ0) is 17.7. The topological polar surface area (TPSA) is 93.8 Å². The number of anilines is 1. The van der Waals surface area contributed by atoms with Gasteiger partial charge in [-0.2, -0.15) is 0 Å². The van der Waals surface area contributed by atoms with Gasteiger partial charge in [-0.05, 0) is 62.2 Å². The van der Waals surface area contributed by atoms with Crippen LogP contribution < -0.4 is 20.5 Å². The molecule has 128 valence electrons. The molecule has 0 aliphatic carbocycles. The van der Waals surface area contributed by atoms with Gasteiger partial charge in [0, 0.05) is 11.2 Å². The van der Waals surface area contributed by atoms with Crippen molar-refractivity contribution in [2.45, 2.75) is 25.8 Å². The van der Waals surface area contributed by atoms with Crippen LogP contribution in [0.4, 0.5) is 10.5 Å². The summed E-state index contributed by atoms with van der Waals surface area (Å²) in [6.45, 7) is 3.65. The molecule has 0 radical (unpaired) electrons. The number of nitrogens with one attached hydrogen (secondary N) is 1. The predicted molar refractivity (Wildman–Crippen MR) is 92.9 cm³/mol. The number of hydrogen-bond acceptors (Lipinski definition) is 4. The van der Waals surface area contributed by atoms with Crippen LogP contribution in [0.5, 0.6) is 17.2 Å². The van der Waals surface area contributed by atoms with E-state index in [0.717, 1.165) is 5.56 Å². The molecule has 24 heavy (non-hydrogen) atoms. The van der Waals surface area contributed by atoms with Crippen molar-refractivity contribution in [2.75, 3.05) is 12.8 Å². The van der Waals surface area contributed by atoms with Gasteiger partial charge >= 0.3 is 6.09 Å². The minimum Gasteiger partial charge on any atom is -0.493 e. The summed E-state index contributed by atoms with van der Waals surface area (Å²) in [4.78, 5) is 10.8. The molecule has 6 nitrogen and oxygen atoms in total. The van der Waals surface area contributed by atoms with Crippen LogP contribution in [-0.2, 0) is 6.42 Å². The maximum Gasteiger partial charge on any atom is 0.405 e. The van der Waals surface area contributed by atoms with E-state index in [1.807, 2.05) is 26.0 Å². The Labute approximate surface area is 141 Å². The van der Waals surface area contributed by atoms with Gasteiger partial charge < -0.3 is 25.6 Å². The van der Waals surface area contributed by atoms with E-state index < -0.39 is 11.6 Å². The van der Waals surface area contributed by atoms with E-state index in [-0.39, 0.29) is 0 Å². The molecule has 6 heteroatoms. The Morgan fingerprint density at radius 1 is 1.17 bits per heavy atom. The predicted octanol–water partition coefficient (Wildman–Crippen LogP) is 3.66. The zero-order valence-corrected chi connectivity index (χ0v) is 14.0. The molecule has 0 spiro atoms. The highest BCUT2D eigenvalue weighted by molar-refractivity contribution is 5.65. The van der Waals surface area contributed by atoms with E-state index in [4.69, 9.17) is 20.3 Å². The second kappa shape index (κ2) is 7.12. The molecule has 2 aromatic rings. The molecular weight excluding hydrogens is 308 g/mol. The first-order valence-electron chi connectivity index (χ1n) is 7.50. The Bertz CT molecular complexity index is 711. The van der Waals surface area contributed by atoms with Crippen molar-refractivity contribution in [1.29, 1.82) is 0 Å². The fraction of sp³-hybridized carbons (Fsp3) is 0.278. The Hall–Kier alpha value is -2.89. The third-order valence-electron chi connectivity index (χ3n) is 3.43. The second-order valence-corrected chi connectivity index (χ2v) is 6.15. The zero-order valence-electron chi connectivity index (χ0n) is 14.0. The molecule has 1 amide bonds. The molecule has 0 aromatic heterocycles. The van der Waals surface area contributed by atoms with Crippen LogP contribution >= 0.6 is 0 Å². The van der Waals surface area contributed by atoms with E-state index in [9.17, 15) is 4.79 Å². The lowest BCUT2D eigenvalue weighted by Gasteiger charge is -2.25. The Balaban J connectivity index is 2.18. The highest BCUT2D eigenvalue weighted by Crippen LogP contribution is 2.33. The minimum absolute atomic E-state index is 0.526. The van der Waals surface area contributed by atoms with Crippen LogP contribution in [0.2, 0.25) is 0 Å². The summed E-state index contributed by atoms with van der Waals surface area (Å²) in [7, 11) is 1.57. The average molecular weight is 330 g/mol. The number of amides is 1. The van der Waals surface area contributed by atoms with Crippen molar-refractivity contribution in [3.05, 3.63) is 48.0 Å². The highest BCUT2D eigenvalue weighted by Gasteiger charge is 2.21. The van der Waals surface area contributed by atoms with Gasteiger partial charge in [-0.25, -0.2) is 4.79 Å². The standard InChI is InChI=1S/C18H22N2O4/c1-18(2,20-17(21)22)11-12-4-9-15(16(10-12)23-3)24-14-7-5-13(19)6-8-14/h4-10,20H,11,19H2,1-3H3,(H,21,22). The maximum atomic E-state index is 10.8. The molecule has 2 rings (SSSR count). The number of nitrogens with two attached hydrogens (primary N) is 1. The number of carbonyl (C=O) groups is 1. The van der Waals surface area contributed by atoms with Gasteiger partial charge in [0.2, 0.25) is 0 Å². The monoisotopic (exact) mass is 330 g/mol. The Morgan fingerprint density at radius 3 is 2.42 bits per heavy atom. The Kier molecular flexibility index (Phi) is 5.18. The van der Waals surface area contributed by atoms with E-state index in [1.54, 1.807) is 37.4 Å². The van der Waals surface area contributed by atoms with E-state index in [2.05, 4.69) is 5.32 Å². The molecule has 0 heterocycles. The fourth-order valence-electron chi connectivity index (χ4n) is 2.41. The summed E-state index contributed by atoms with van der Waals surface area (Å²) < 4.78 is 11.2. The molecular formula is C18H22N2O4. The number of benzene rings is 2. The lowest BCUT2D eigenvalue weighted by Crippen LogP contribution is -2.44. The van der Waals surface area contributed by atoms with E-state index in [0.29, 0.717) is 29.4 Å². The molecule has 4 N–H and O–H groups in total. The van der Waals surface area contributed by atoms with Gasteiger partial charge in [0.05, 0.1) is 7.11 Å². The first-order chi connectivity index (χ1) is 11.3. The van der Waals surface area contributed by atoms with Crippen LogP contribution in [0.25, 0.3) is 0 Å². The summed E-state index contributed by atoms with van der Waals surface area (Å²) in [5.74, 6) is 1.81. The van der Waals surface area contributed by atoms with Gasteiger partial charge in [0.1, 0.15) is 5.75 Å². The quantitative estimate of drug-likeness (QED) is 0.703. The third-order valence-corrected chi connectivity index (χ3v) is 3.43. The summed E-state index contributed by atoms with van der Waals surface area (Å²) in [5.41, 5.74) is 6.68. The molecule has 0 saturated carbocycles. The van der Waals surface area contributed by atoms with Gasteiger partial charge in [-0.1, -0.05) is 6.07 Å². The fourth-order valence-corrected chi connectivity index (χ4v) is 2.41. The van der Waals surface area contributed by atoms with Crippen molar-refractivity contribution in [1.82, 2.24) is 5.32 Å². The molecule has 0 aliphatic heterocycles. The van der Waals surface area contributed by atoms with Gasteiger partial charge in [0.25, 0.3) is 0 Å². The van der Waals surface area contributed by atoms with Crippen LogP contribution in [0.15, 0.2) is 42.5 Å². The molecule has 0 aliphatic rings. The average Bonchev–Trinajstić information content (AvgIpc) is 2.49. The van der Waals surface area contributed by atoms with Crippen molar-refractivity contribution in [2.24, 2.45) is 0 Å². The lowest BCUT2D eigenvalue weighted by molar-refractivity contribution is 0.182. The van der Waals surface area contributed by atoms with Gasteiger partial charge in [-0.15, -0.1) is 0 Å². The largest absolute Gasteiger partial charge is 0.493 e. The summed E-state index contributed by atoms with van der Waals surface area (Å²) in [6.07, 6.45) is -0.520. The smallest absolute Gasteiger partial charge is 0.405 e. The van der Waals surface area contributed by atoms with Crippen molar-refractivity contribution >= 4 is 11.8 Å². The number of rotatable bonds is 6. The van der Waals surface area contributed by atoms with Crippen LogP contribution in [0.1, 0.15) is 19.4 Å². The normalized spacial score (nSPS) is 11.0. The number of carboxylic acid groups (broad SMARTS) is 1. The second-order valence-electron chi connectivity index (χ2n) is 6.15. The summed E-state index contributed by atoms with van der Waals surface area (Å²) in [6, 6.07) is 12.6. The van der Waals surface area contributed by atoms with Crippen LogP contribution in [0.3, 0.4) is 0 Å². The Morgan fingerprint density at radius 2 is 1.83 bits per heavy atom. The molecule has 0 atom stereocenters. The number of hydrogen-bond donors (Lipinski definition) is 3. The summed E-state index contributed by atoms with van der Waals surface area (Å²) in [5, 5.41) is 11.4. The SMILES string of the molecule is COc1cc(CC(C)(C)NC(=O)O)ccc1Oc1ccc(N)cc1. The molecule has 0 fully saturated rings. The van der Waals surface area contributed by atoms with Gasteiger partial charge in [-0.3, -0.25) is 0 Å². The highest BCUT2D eigenvalue weighted by atomic mass is 16.5. The number of nitrogen functional groups attached to an aromatic ring is 1. The van der Waals surface area contributed by atoms with Crippen LogP contribution in [0, 0.1) is 0 Å². The molecule has 2 aromatic carbocycles. The van der Waals surface area contributed by atoms with Crippen LogP contribution in [-0.4, -0.2) is 23.8 Å². The summed E-state index contributed by atoms with van der Waals surface area (Å²) >= 11 is 0. The van der Waals surface area contributed by atoms with Crippen molar-refractivity contribution in [3.8, 4) is 17.2 Å². The maximum absolute atomic E-state index is 10.8. The first-order valence-corrected chi connectivity index (χ1v) is 7.50. The number of ether oxygens (including phenoxy) is 2.